The van der Waals surface area contributed by atoms with Gasteiger partial charge in [0.2, 0.25) is 0 Å². The number of aliphatic hydroxyl groups is 1. The van der Waals surface area contributed by atoms with E-state index in [2.05, 4.69) is 22.5 Å². The summed E-state index contributed by atoms with van der Waals surface area (Å²) in [5.74, 6) is 0.198. The molecule has 2 N–H and O–H groups in total. The van der Waals surface area contributed by atoms with Crippen molar-refractivity contribution in [3.8, 4) is 0 Å². The van der Waals surface area contributed by atoms with Crippen molar-refractivity contribution < 1.29 is 9.90 Å². The number of benzene rings is 1. The van der Waals surface area contributed by atoms with Crippen molar-refractivity contribution in [3.63, 3.8) is 0 Å². The van der Waals surface area contributed by atoms with Crippen LogP contribution in [0.4, 0.5) is 4.79 Å². The van der Waals surface area contributed by atoms with Crippen LogP contribution in [0, 0.1) is 5.92 Å². The summed E-state index contributed by atoms with van der Waals surface area (Å²) in [6, 6.07) is 9.99. The lowest BCUT2D eigenvalue weighted by molar-refractivity contribution is 0.128. The Kier molecular flexibility index (Phi) is 5.71. The van der Waals surface area contributed by atoms with E-state index in [0.29, 0.717) is 13.1 Å². The summed E-state index contributed by atoms with van der Waals surface area (Å²) >= 11 is 0. The normalized spacial score (nSPS) is 18.8. The number of likely N-dealkylation sites (tertiary alicyclic amines) is 1. The number of carbonyl (C=O) groups is 1. The summed E-state index contributed by atoms with van der Waals surface area (Å²) in [7, 11) is 0. The van der Waals surface area contributed by atoms with E-state index in [0.717, 1.165) is 24.9 Å². The highest BCUT2D eigenvalue weighted by Gasteiger charge is 2.24. The molecule has 0 radical (unpaired) electrons. The quantitative estimate of drug-likeness (QED) is 0.877. The summed E-state index contributed by atoms with van der Waals surface area (Å²) in [5, 5.41) is 16.7. The maximum atomic E-state index is 12.4. The van der Waals surface area contributed by atoms with E-state index in [1.807, 2.05) is 36.0 Å². The number of aromatic nitrogens is 2. The van der Waals surface area contributed by atoms with Crippen LogP contribution in [0.1, 0.15) is 36.9 Å². The maximum absolute atomic E-state index is 12.4. The number of urea groups is 1. The minimum atomic E-state index is -0.105. The Morgan fingerprint density at radius 3 is 2.96 bits per heavy atom. The van der Waals surface area contributed by atoms with E-state index in [4.69, 9.17) is 0 Å². The predicted molar refractivity (Wildman–Crippen MR) is 96.1 cm³/mol. The molecule has 6 heteroatoms. The van der Waals surface area contributed by atoms with Gasteiger partial charge < -0.3 is 15.3 Å². The van der Waals surface area contributed by atoms with E-state index in [1.54, 1.807) is 11.1 Å². The minimum absolute atomic E-state index is 0.0681. The molecule has 6 nitrogen and oxygen atoms in total. The van der Waals surface area contributed by atoms with Crippen LogP contribution >= 0.6 is 0 Å². The highest BCUT2D eigenvalue weighted by Crippen LogP contribution is 2.17. The number of nitrogens with zero attached hydrogens (tertiary/aromatic N) is 3. The molecule has 2 heterocycles. The molecule has 0 spiro atoms. The fourth-order valence-corrected chi connectivity index (χ4v) is 3.22. The molecule has 1 fully saturated rings. The molecule has 3 rings (SSSR count). The Morgan fingerprint density at radius 2 is 2.20 bits per heavy atom. The second kappa shape index (κ2) is 8.16. The lowest BCUT2D eigenvalue weighted by atomic mass is 9.99. The number of rotatable bonds is 5. The first-order valence-corrected chi connectivity index (χ1v) is 8.88. The summed E-state index contributed by atoms with van der Waals surface area (Å²) < 4.78 is 1.88. The molecule has 1 aliphatic rings. The monoisotopic (exact) mass is 342 g/mol. The number of nitrogens with one attached hydrogen (secondary N) is 1. The van der Waals surface area contributed by atoms with Crippen LogP contribution in [0.2, 0.25) is 0 Å². The van der Waals surface area contributed by atoms with Crippen LogP contribution in [-0.4, -0.2) is 45.5 Å². The van der Waals surface area contributed by atoms with E-state index < -0.39 is 0 Å². The molecule has 0 bridgehead atoms. The topological polar surface area (TPSA) is 70.4 Å². The van der Waals surface area contributed by atoms with Crippen LogP contribution in [0.25, 0.3) is 0 Å². The molecule has 134 valence electrons. The average Bonchev–Trinajstić information content (AvgIpc) is 3.11. The van der Waals surface area contributed by atoms with Gasteiger partial charge in [-0.25, -0.2) is 4.79 Å². The number of aliphatic hydroxyl groups excluding tert-OH is 1. The molecule has 1 aliphatic heterocycles. The van der Waals surface area contributed by atoms with Crippen LogP contribution in [0.3, 0.4) is 0 Å². The second-order valence-corrected chi connectivity index (χ2v) is 6.76. The van der Waals surface area contributed by atoms with E-state index in [9.17, 15) is 9.90 Å². The third kappa shape index (κ3) is 4.60. The van der Waals surface area contributed by atoms with Crippen molar-refractivity contribution in [1.29, 1.82) is 0 Å². The number of piperidine rings is 1. The first-order valence-electron chi connectivity index (χ1n) is 8.88. The molecule has 2 aromatic rings. The highest BCUT2D eigenvalue weighted by atomic mass is 16.3. The third-order valence-corrected chi connectivity index (χ3v) is 4.74. The lowest BCUT2D eigenvalue weighted by Gasteiger charge is -2.32. The SMILES string of the molecule is C[C@H](NC(=O)N1CCC[C@H](CO)C1)c1cnn(Cc2ccccc2)c1. The number of amides is 2. The van der Waals surface area contributed by atoms with Crippen LogP contribution in [-0.2, 0) is 6.54 Å². The van der Waals surface area contributed by atoms with Gasteiger partial charge in [0.15, 0.2) is 0 Å². The second-order valence-electron chi connectivity index (χ2n) is 6.76. The van der Waals surface area contributed by atoms with E-state index in [-0.39, 0.29) is 24.6 Å². The van der Waals surface area contributed by atoms with Crippen molar-refractivity contribution in [2.75, 3.05) is 19.7 Å². The zero-order chi connectivity index (χ0) is 17.6. The van der Waals surface area contributed by atoms with Crippen LogP contribution < -0.4 is 5.32 Å². The average molecular weight is 342 g/mol. The molecule has 25 heavy (non-hydrogen) atoms. The van der Waals surface area contributed by atoms with Gasteiger partial charge in [0.05, 0.1) is 18.8 Å². The first-order chi connectivity index (χ1) is 12.2. The molecule has 2 atom stereocenters. The van der Waals surface area contributed by atoms with Gasteiger partial charge in [-0.15, -0.1) is 0 Å². The van der Waals surface area contributed by atoms with Crippen molar-refractivity contribution in [2.24, 2.45) is 5.92 Å². The smallest absolute Gasteiger partial charge is 0.317 e. The molecule has 1 saturated heterocycles. The summed E-state index contributed by atoms with van der Waals surface area (Å²) in [5.41, 5.74) is 2.18. The Morgan fingerprint density at radius 1 is 1.40 bits per heavy atom. The highest BCUT2D eigenvalue weighted by molar-refractivity contribution is 5.74. The van der Waals surface area contributed by atoms with Gasteiger partial charge in [-0.05, 0) is 31.2 Å². The molecule has 0 aliphatic carbocycles. The predicted octanol–water partition coefficient (Wildman–Crippen LogP) is 2.41. The van der Waals surface area contributed by atoms with E-state index >= 15 is 0 Å². The maximum Gasteiger partial charge on any atom is 0.317 e. The molecule has 1 aromatic carbocycles. The summed E-state index contributed by atoms with van der Waals surface area (Å²) in [6.07, 6.45) is 5.72. The van der Waals surface area contributed by atoms with Gasteiger partial charge in [0, 0.05) is 31.5 Å². The molecular formula is C19H26N4O2. The Hall–Kier alpha value is -2.34. The van der Waals surface area contributed by atoms with Crippen molar-refractivity contribution in [2.45, 2.75) is 32.4 Å². The zero-order valence-corrected chi connectivity index (χ0v) is 14.6. The zero-order valence-electron chi connectivity index (χ0n) is 14.6. The standard InChI is InChI=1S/C19H26N4O2/c1-15(21-19(25)22-9-5-8-17(11-22)14-24)18-10-20-23(13-18)12-16-6-3-2-4-7-16/h2-4,6-7,10,13,15,17,24H,5,8-9,11-12,14H2,1H3,(H,21,25)/t15-,17-/m0/s1. The Bertz CT molecular complexity index is 686. The van der Waals surface area contributed by atoms with Crippen molar-refractivity contribution >= 4 is 6.03 Å². The van der Waals surface area contributed by atoms with Crippen LogP contribution in [0.5, 0.6) is 0 Å². The number of hydrogen-bond acceptors (Lipinski definition) is 3. The number of hydrogen-bond donors (Lipinski definition) is 2. The third-order valence-electron chi connectivity index (χ3n) is 4.74. The molecule has 0 unspecified atom stereocenters. The summed E-state index contributed by atoms with van der Waals surface area (Å²) in [6.45, 7) is 4.21. The fourth-order valence-electron chi connectivity index (χ4n) is 3.22. The minimum Gasteiger partial charge on any atom is -0.396 e. The Labute approximate surface area is 148 Å². The van der Waals surface area contributed by atoms with Crippen molar-refractivity contribution in [1.82, 2.24) is 20.0 Å². The Balaban J connectivity index is 1.56. The molecular weight excluding hydrogens is 316 g/mol. The van der Waals surface area contributed by atoms with Gasteiger partial charge in [-0.3, -0.25) is 4.68 Å². The first kappa shape index (κ1) is 17.5. The fraction of sp³-hybridized carbons (Fsp3) is 0.474. The molecule has 1 aromatic heterocycles. The molecule has 2 amide bonds. The van der Waals surface area contributed by atoms with Gasteiger partial charge in [-0.2, -0.15) is 5.10 Å². The van der Waals surface area contributed by atoms with Crippen LogP contribution in [0.15, 0.2) is 42.7 Å². The van der Waals surface area contributed by atoms with E-state index in [1.165, 1.54) is 5.56 Å². The van der Waals surface area contributed by atoms with Crippen molar-refractivity contribution in [3.05, 3.63) is 53.9 Å². The lowest BCUT2D eigenvalue weighted by Crippen LogP contribution is -2.46. The van der Waals surface area contributed by atoms with Gasteiger partial charge >= 0.3 is 6.03 Å². The van der Waals surface area contributed by atoms with Gasteiger partial charge in [-0.1, -0.05) is 30.3 Å². The van der Waals surface area contributed by atoms with Gasteiger partial charge in [0.25, 0.3) is 0 Å². The number of carbonyl (C=O) groups excluding carboxylic acids is 1. The van der Waals surface area contributed by atoms with Gasteiger partial charge in [0.1, 0.15) is 0 Å². The largest absolute Gasteiger partial charge is 0.396 e. The molecule has 0 saturated carbocycles. The summed E-state index contributed by atoms with van der Waals surface area (Å²) in [4.78, 5) is 14.2.